The molecule has 0 saturated heterocycles. The molecule has 1 aromatic heterocycles. The van der Waals surface area contributed by atoms with Gasteiger partial charge in [-0.3, -0.25) is 0 Å². The van der Waals surface area contributed by atoms with Gasteiger partial charge >= 0.3 is 0 Å². The van der Waals surface area contributed by atoms with Crippen LogP contribution in [0.2, 0.25) is 0 Å². The highest BCUT2D eigenvalue weighted by molar-refractivity contribution is 5.24. The number of hydrogen-bond donors (Lipinski definition) is 0. The van der Waals surface area contributed by atoms with E-state index in [0.717, 1.165) is 0 Å². The van der Waals surface area contributed by atoms with Crippen LogP contribution in [-0.2, 0) is 16.6 Å². The van der Waals surface area contributed by atoms with Gasteiger partial charge < -0.3 is 0 Å². The highest BCUT2D eigenvalue weighted by Gasteiger charge is 2.50. The summed E-state index contributed by atoms with van der Waals surface area (Å²) in [7, 11) is 0. The molecule has 1 heterocycles. The Morgan fingerprint density at radius 1 is 0.727 bits per heavy atom. The van der Waals surface area contributed by atoms with Gasteiger partial charge in [0.25, 0.3) is 0 Å². The monoisotopic (exact) mass is 300 g/mol. The zero-order chi connectivity index (χ0) is 16.6. The molecule has 1 aromatic carbocycles. The third-order valence-electron chi connectivity index (χ3n) is 4.81. The summed E-state index contributed by atoms with van der Waals surface area (Å²) < 4.78 is 17.6. The molecule has 0 saturated carbocycles. The van der Waals surface area contributed by atoms with Gasteiger partial charge in [-0.2, -0.15) is 4.57 Å². The van der Waals surface area contributed by atoms with Crippen LogP contribution < -0.4 is 4.57 Å². The van der Waals surface area contributed by atoms with Gasteiger partial charge in [0.2, 0.25) is 0 Å². The van der Waals surface area contributed by atoms with Crippen LogP contribution in [0.25, 0.3) is 0 Å². The van der Waals surface area contributed by atoms with Crippen LogP contribution in [0.1, 0.15) is 52.7 Å². The molecule has 22 heavy (non-hydrogen) atoms. The molecule has 2 rings (SSSR count). The van der Waals surface area contributed by atoms with Gasteiger partial charge in [0.1, 0.15) is 0 Å². The molecule has 0 aliphatic rings. The molecule has 0 amide bonds. The maximum atomic E-state index is 15.6. The fraction of sp³-hybridized carbons (Fsp3) is 0.450. The van der Waals surface area contributed by atoms with Crippen LogP contribution in [0.3, 0.4) is 0 Å². The van der Waals surface area contributed by atoms with Crippen LogP contribution in [0.5, 0.6) is 0 Å². The van der Waals surface area contributed by atoms with Crippen molar-refractivity contribution >= 4 is 0 Å². The van der Waals surface area contributed by atoms with Crippen molar-refractivity contribution < 1.29 is 8.96 Å². The summed E-state index contributed by atoms with van der Waals surface area (Å²) in [6.45, 7) is 12.1. The van der Waals surface area contributed by atoms with Gasteiger partial charge in [0.15, 0.2) is 23.6 Å². The van der Waals surface area contributed by atoms with E-state index in [1.54, 1.807) is 6.92 Å². The summed E-state index contributed by atoms with van der Waals surface area (Å²) in [5.41, 5.74) is -0.110. The molecule has 0 bridgehead atoms. The molecule has 0 aliphatic carbocycles. The third kappa shape index (κ3) is 2.92. The van der Waals surface area contributed by atoms with Crippen LogP contribution in [0.4, 0.5) is 4.39 Å². The predicted octanol–water partition coefficient (Wildman–Crippen LogP) is 4.89. The first-order valence-corrected chi connectivity index (χ1v) is 7.83. The van der Waals surface area contributed by atoms with E-state index in [1.807, 2.05) is 61.1 Å². The smallest absolute Gasteiger partial charge is 0.199 e. The number of hydrogen-bond acceptors (Lipinski definition) is 0. The molecular weight excluding hydrogens is 273 g/mol. The highest BCUT2D eigenvalue weighted by atomic mass is 19.1. The number of aromatic nitrogens is 1. The second kappa shape index (κ2) is 5.49. The molecule has 118 valence electrons. The highest BCUT2D eigenvalue weighted by Crippen LogP contribution is 2.38. The van der Waals surface area contributed by atoms with Gasteiger partial charge in [0, 0.05) is 26.0 Å². The van der Waals surface area contributed by atoms with Crippen molar-refractivity contribution in [3.63, 3.8) is 0 Å². The van der Waals surface area contributed by atoms with E-state index in [0.29, 0.717) is 5.56 Å². The van der Waals surface area contributed by atoms with Crippen LogP contribution in [-0.4, -0.2) is 0 Å². The Morgan fingerprint density at radius 2 is 1.23 bits per heavy atom. The average molecular weight is 300 g/mol. The molecule has 1 nitrogen and oxygen atoms in total. The second-order valence-electron chi connectivity index (χ2n) is 7.67. The number of nitrogens with zero attached hydrogens (tertiary/aromatic N) is 1. The van der Waals surface area contributed by atoms with Gasteiger partial charge in [-0.25, -0.2) is 4.39 Å². The molecule has 1 unspecified atom stereocenters. The third-order valence-corrected chi connectivity index (χ3v) is 4.81. The first kappa shape index (κ1) is 16.7. The van der Waals surface area contributed by atoms with Crippen LogP contribution in [0, 0.1) is 0 Å². The molecule has 2 aromatic rings. The SMILES string of the molecule is CC(C)(C)c1cc[n+](C(C)(C)C(C)(F)c2ccccc2)cc1. The number of benzene rings is 1. The number of halogens is 1. The summed E-state index contributed by atoms with van der Waals surface area (Å²) >= 11 is 0. The maximum absolute atomic E-state index is 15.6. The van der Waals surface area contributed by atoms with E-state index >= 15 is 4.39 Å². The Labute approximate surface area is 133 Å². The van der Waals surface area contributed by atoms with Crippen LogP contribution >= 0.6 is 0 Å². The lowest BCUT2D eigenvalue weighted by atomic mass is 9.79. The van der Waals surface area contributed by atoms with E-state index in [9.17, 15) is 0 Å². The molecule has 2 heteroatoms. The zero-order valence-electron chi connectivity index (χ0n) is 14.5. The van der Waals surface area contributed by atoms with Gasteiger partial charge in [-0.15, -0.1) is 0 Å². The van der Waals surface area contributed by atoms with E-state index < -0.39 is 11.2 Å². The molecular formula is C20H27FN+. The van der Waals surface area contributed by atoms with Gasteiger partial charge in [-0.05, 0) is 23.5 Å². The summed E-state index contributed by atoms with van der Waals surface area (Å²) in [6, 6.07) is 13.6. The maximum Gasteiger partial charge on any atom is 0.199 e. The fourth-order valence-corrected chi connectivity index (χ4v) is 2.65. The standard InChI is InChI=1S/C20H27FN/c1-18(2,3)16-12-14-22(15-13-16)19(4,5)20(6,21)17-10-8-7-9-11-17/h7-15H,1-6H3/q+1. The Kier molecular flexibility index (Phi) is 4.16. The lowest BCUT2D eigenvalue weighted by molar-refractivity contribution is -0.773. The molecule has 0 N–H and O–H groups in total. The summed E-state index contributed by atoms with van der Waals surface area (Å²) in [5.74, 6) is 0. The van der Waals surface area contributed by atoms with Crippen molar-refractivity contribution in [2.45, 2.75) is 58.2 Å². The minimum absolute atomic E-state index is 0.0989. The zero-order valence-corrected chi connectivity index (χ0v) is 14.5. The van der Waals surface area contributed by atoms with Gasteiger partial charge in [-0.1, -0.05) is 51.1 Å². The lowest BCUT2D eigenvalue weighted by Crippen LogP contribution is -2.61. The van der Waals surface area contributed by atoms with Crippen molar-refractivity contribution in [1.82, 2.24) is 0 Å². The Hall–Kier alpha value is -1.70. The van der Waals surface area contributed by atoms with Crippen molar-refractivity contribution in [3.05, 3.63) is 66.0 Å². The number of pyridine rings is 1. The number of alkyl halides is 1. The van der Waals surface area contributed by atoms with Crippen LogP contribution in [0.15, 0.2) is 54.9 Å². The van der Waals surface area contributed by atoms with Crippen molar-refractivity contribution in [2.24, 2.45) is 0 Å². The first-order valence-electron chi connectivity index (χ1n) is 7.83. The van der Waals surface area contributed by atoms with Gasteiger partial charge in [0.05, 0.1) is 0 Å². The lowest BCUT2D eigenvalue weighted by Gasteiger charge is -2.33. The molecule has 0 spiro atoms. The fourth-order valence-electron chi connectivity index (χ4n) is 2.65. The van der Waals surface area contributed by atoms with E-state index in [-0.39, 0.29) is 5.41 Å². The summed E-state index contributed by atoms with van der Waals surface area (Å²) in [5, 5.41) is 0. The van der Waals surface area contributed by atoms with E-state index in [1.165, 1.54) is 5.56 Å². The Bertz CT molecular complexity index is 619. The largest absolute Gasteiger partial charge is 0.231 e. The topological polar surface area (TPSA) is 3.88 Å². The normalized spacial score (nSPS) is 15.4. The van der Waals surface area contributed by atoms with E-state index in [4.69, 9.17) is 0 Å². The van der Waals surface area contributed by atoms with Crippen molar-refractivity contribution in [2.75, 3.05) is 0 Å². The quantitative estimate of drug-likeness (QED) is 0.710. The second-order valence-corrected chi connectivity index (χ2v) is 7.67. The van der Waals surface area contributed by atoms with E-state index in [2.05, 4.69) is 32.9 Å². The Balaban J connectivity index is 2.41. The molecule has 0 radical (unpaired) electrons. The number of rotatable bonds is 3. The van der Waals surface area contributed by atoms with Crippen molar-refractivity contribution in [3.8, 4) is 0 Å². The predicted molar refractivity (Wildman–Crippen MR) is 89.6 cm³/mol. The first-order chi connectivity index (χ1) is 10.1. The minimum atomic E-state index is -1.47. The molecule has 0 fully saturated rings. The minimum Gasteiger partial charge on any atom is -0.231 e. The summed E-state index contributed by atoms with van der Waals surface area (Å²) in [4.78, 5) is 0. The molecule has 0 aliphatic heterocycles. The molecule has 1 atom stereocenters. The Morgan fingerprint density at radius 3 is 1.68 bits per heavy atom. The summed E-state index contributed by atoms with van der Waals surface area (Å²) in [6.07, 6.45) is 3.97. The average Bonchev–Trinajstić information content (AvgIpc) is 2.47. The van der Waals surface area contributed by atoms with Crippen molar-refractivity contribution in [1.29, 1.82) is 0 Å².